The van der Waals surface area contributed by atoms with E-state index in [1.54, 1.807) is 0 Å². The Balaban J connectivity index is 2.40. The van der Waals surface area contributed by atoms with Crippen LogP contribution in [-0.4, -0.2) is 54.9 Å². The van der Waals surface area contributed by atoms with Crippen LogP contribution in [0.4, 0.5) is 5.82 Å². The molecule has 2 rings (SSSR count). The van der Waals surface area contributed by atoms with Crippen LogP contribution in [0.1, 0.15) is 11.8 Å². The zero-order chi connectivity index (χ0) is 14.2. The van der Waals surface area contributed by atoms with Gasteiger partial charge in [-0.25, -0.2) is 4.79 Å². The normalized spacial score (nSPS) is 30.7. The van der Waals surface area contributed by atoms with Crippen molar-refractivity contribution in [1.82, 2.24) is 9.55 Å². The lowest BCUT2D eigenvalue weighted by Gasteiger charge is -2.18. The second-order valence-corrected chi connectivity index (χ2v) is 4.23. The summed E-state index contributed by atoms with van der Waals surface area (Å²) in [6.07, 6.45) is -3.71. The van der Waals surface area contributed by atoms with Gasteiger partial charge < -0.3 is 30.9 Å². The largest absolute Gasteiger partial charge is 0.394 e. The van der Waals surface area contributed by atoms with E-state index in [-0.39, 0.29) is 11.4 Å². The summed E-state index contributed by atoms with van der Waals surface area (Å²) in [5, 5.41) is 37.5. The molecule has 6 N–H and O–H groups in total. The predicted molar refractivity (Wildman–Crippen MR) is 61.8 cm³/mol. The highest BCUT2D eigenvalue weighted by Gasteiger charge is 2.43. The molecule has 9 heteroatoms. The van der Waals surface area contributed by atoms with E-state index < -0.39 is 43.4 Å². The summed E-state index contributed by atoms with van der Waals surface area (Å²) in [6, 6.07) is 0. The molecule has 1 aliphatic rings. The van der Waals surface area contributed by atoms with Gasteiger partial charge in [0.25, 0.3) is 0 Å². The lowest BCUT2D eigenvalue weighted by molar-refractivity contribution is -0.0551. The summed E-state index contributed by atoms with van der Waals surface area (Å²) < 4.78 is 6.11. The topological polar surface area (TPSA) is 151 Å². The van der Waals surface area contributed by atoms with Gasteiger partial charge >= 0.3 is 5.69 Å². The van der Waals surface area contributed by atoms with Gasteiger partial charge in [0.1, 0.15) is 24.1 Å². The number of nitrogen functional groups attached to an aromatic ring is 1. The number of aliphatic hydroxyl groups is 4. The van der Waals surface area contributed by atoms with Gasteiger partial charge in [-0.3, -0.25) is 4.57 Å². The minimum Gasteiger partial charge on any atom is -0.394 e. The number of hydrogen-bond acceptors (Lipinski definition) is 8. The van der Waals surface area contributed by atoms with E-state index in [9.17, 15) is 15.0 Å². The summed E-state index contributed by atoms with van der Waals surface area (Å²) in [4.78, 5) is 15.2. The maximum Gasteiger partial charge on any atom is 0.351 e. The highest BCUT2D eigenvalue weighted by Crippen LogP contribution is 2.28. The molecule has 9 nitrogen and oxygen atoms in total. The maximum absolute atomic E-state index is 11.7. The van der Waals surface area contributed by atoms with Gasteiger partial charge in [0.05, 0.1) is 13.2 Å². The van der Waals surface area contributed by atoms with Crippen LogP contribution in [0.5, 0.6) is 0 Å². The van der Waals surface area contributed by atoms with Gasteiger partial charge in [-0.1, -0.05) is 0 Å². The summed E-state index contributed by atoms with van der Waals surface area (Å²) in [7, 11) is 0. The van der Waals surface area contributed by atoms with Gasteiger partial charge in [-0.2, -0.15) is 4.98 Å². The monoisotopic (exact) mass is 273 g/mol. The van der Waals surface area contributed by atoms with Gasteiger partial charge in [-0.05, 0) is 0 Å². The Morgan fingerprint density at radius 3 is 2.58 bits per heavy atom. The minimum absolute atomic E-state index is 0.115. The molecule has 106 valence electrons. The number of ether oxygens (including phenoxy) is 1. The number of hydrogen-bond donors (Lipinski definition) is 5. The highest BCUT2D eigenvalue weighted by atomic mass is 16.6. The number of rotatable bonds is 3. The molecule has 4 atom stereocenters. The zero-order valence-electron chi connectivity index (χ0n) is 9.88. The Hall–Kier alpha value is -1.52. The van der Waals surface area contributed by atoms with Crippen LogP contribution in [0.15, 0.2) is 11.0 Å². The van der Waals surface area contributed by atoms with Crippen molar-refractivity contribution in [2.24, 2.45) is 0 Å². The molecule has 0 amide bonds. The molecular weight excluding hydrogens is 258 g/mol. The number of anilines is 1. The van der Waals surface area contributed by atoms with E-state index in [4.69, 9.17) is 20.7 Å². The Morgan fingerprint density at radius 2 is 2.05 bits per heavy atom. The van der Waals surface area contributed by atoms with Crippen molar-refractivity contribution >= 4 is 5.82 Å². The smallest absolute Gasteiger partial charge is 0.351 e. The molecule has 0 radical (unpaired) electrons. The lowest BCUT2D eigenvalue weighted by Crippen LogP contribution is -2.36. The molecule has 1 fully saturated rings. The first-order chi connectivity index (χ1) is 8.99. The Bertz CT molecular complexity index is 518. The van der Waals surface area contributed by atoms with E-state index >= 15 is 0 Å². The fourth-order valence-electron chi connectivity index (χ4n) is 1.94. The van der Waals surface area contributed by atoms with Gasteiger partial charge in [-0.15, -0.1) is 0 Å². The van der Waals surface area contributed by atoms with Crippen molar-refractivity contribution in [2.45, 2.75) is 31.1 Å². The predicted octanol–water partition coefficient (Wildman–Crippen LogP) is -3.07. The van der Waals surface area contributed by atoms with Crippen molar-refractivity contribution in [3.63, 3.8) is 0 Å². The van der Waals surface area contributed by atoms with E-state index in [1.165, 1.54) is 6.20 Å². The molecule has 1 aromatic rings. The van der Waals surface area contributed by atoms with Crippen molar-refractivity contribution < 1.29 is 25.2 Å². The molecule has 0 spiro atoms. The third-order valence-electron chi connectivity index (χ3n) is 3.02. The summed E-state index contributed by atoms with van der Waals surface area (Å²) in [5.41, 5.74) is 4.84. The zero-order valence-corrected chi connectivity index (χ0v) is 9.88. The highest BCUT2D eigenvalue weighted by molar-refractivity contribution is 5.36. The molecule has 1 unspecified atom stereocenters. The first-order valence-corrected chi connectivity index (χ1v) is 5.60. The van der Waals surface area contributed by atoms with Crippen LogP contribution in [0.25, 0.3) is 0 Å². The molecule has 19 heavy (non-hydrogen) atoms. The Morgan fingerprint density at radius 1 is 1.37 bits per heavy atom. The molecule has 1 aromatic heterocycles. The second kappa shape index (κ2) is 5.23. The first-order valence-electron chi connectivity index (χ1n) is 5.60. The molecule has 2 heterocycles. The fourth-order valence-corrected chi connectivity index (χ4v) is 1.94. The van der Waals surface area contributed by atoms with Crippen LogP contribution >= 0.6 is 0 Å². The van der Waals surface area contributed by atoms with E-state index in [1.807, 2.05) is 0 Å². The number of aliphatic hydroxyl groups excluding tert-OH is 4. The van der Waals surface area contributed by atoms with Crippen LogP contribution in [0.3, 0.4) is 0 Å². The number of nitrogens with zero attached hydrogens (tertiary/aromatic N) is 2. The standard InChI is InChI=1S/C10H15N3O6/c11-8-4(2-14)1-13(10(18)12-8)9-7(17)6(16)5(3-15)19-9/h1,5-7,9,14-17H,2-3H2,(H2,11,12,18)/t5-,6-,7-,9?/m1/s1. The van der Waals surface area contributed by atoms with Crippen molar-refractivity contribution in [2.75, 3.05) is 12.3 Å². The van der Waals surface area contributed by atoms with E-state index in [0.29, 0.717) is 0 Å². The second-order valence-electron chi connectivity index (χ2n) is 4.23. The lowest BCUT2D eigenvalue weighted by atomic mass is 10.1. The molecule has 1 saturated heterocycles. The number of nitrogens with two attached hydrogens (primary N) is 1. The van der Waals surface area contributed by atoms with Gasteiger partial charge in [0.15, 0.2) is 6.23 Å². The van der Waals surface area contributed by atoms with Crippen molar-refractivity contribution in [3.05, 3.63) is 22.2 Å². The maximum atomic E-state index is 11.7. The number of aromatic nitrogens is 2. The van der Waals surface area contributed by atoms with Crippen LogP contribution < -0.4 is 11.4 Å². The third kappa shape index (κ3) is 2.33. The van der Waals surface area contributed by atoms with Gasteiger partial charge in [0, 0.05) is 11.8 Å². The Labute approximate surface area is 107 Å². The fraction of sp³-hybridized carbons (Fsp3) is 0.600. The minimum atomic E-state index is -1.40. The van der Waals surface area contributed by atoms with Crippen LogP contribution in [0, 0.1) is 0 Å². The SMILES string of the molecule is Nc1nc(=O)n(C2O[C@H](CO)[C@@H](O)[C@H]2O)cc1CO. The quantitative estimate of drug-likeness (QED) is 0.389. The molecule has 0 bridgehead atoms. The first kappa shape index (κ1) is 13.9. The molecule has 1 aliphatic heterocycles. The van der Waals surface area contributed by atoms with Crippen LogP contribution in [-0.2, 0) is 11.3 Å². The van der Waals surface area contributed by atoms with Gasteiger partial charge in [0.2, 0.25) is 0 Å². The molecule has 0 saturated carbocycles. The third-order valence-corrected chi connectivity index (χ3v) is 3.02. The average molecular weight is 273 g/mol. The van der Waals surface area contributed by atoms with Crippen molar-refractivity contribution in [1.29, 1.82) is 0 Å². The summed E-state index contributed by atoms with van der Waals surface area (Å²) >= 11 is 0. The molecular formula is C10H15N3O6. The summed E-state index contributed by atoms with van der Waals surface area (Å²) in [6.45, 7) is -0.938. The van der Waals surface area contributed by atoms with E-state index in [0.717, 1.165) is 4.57 Å². The van der Waals surface area contributed by atoms with Crippen molar-refractivity contribution in [3.8, 4) is 0 Å². The summed E-state index contributed by atoms with van der Waals surface area (Å²) in [5.74, 6) is -0.115. The Kier molecular flexibility index (Phi) is 3.83. The molecule has 0 aromatic carbocycles. The molecule has 0 aliphatic carbocycles. The van der Waals surface area contributed by atoms with E-state index in [2.05, 4.69) is 4.98 Å². The van der Waals surface area contributed by atoms with Crippen LogP contribution in [0.2, 0.25) is 0 Å². The average Bonchev–Trinajstić information content (AvgIpc) is 2.67.